The smallest absolute Gasteiger partial charge is 0.251 e. The summed E-state index contributed by atoms with van der Waals surface area (Å²) in [5, 5.41) is 24.5. The van der Waals surface area contributed by atoms with Gasteiger partial charge in [0.1, 0.15) is 18.1 Å². The zero-order valence-electron chi connectivity index (χ0n) is 43.6. The van der Waals surface area contributed by atoms with Gasteiger partial charge in [0.2, 0.25) is 29.5 Å². The van der Waals surface area contributed by atoms with Gasteiger partial charge in [-0.2, -0.15) is 0 Å². The van der Waals surface area contributed by atoms with Crippen LogP contribution in [0.1, 0.15) is 126 Å². The summed E-state index contributed by atoms with van der Waals surface area (Å²) >= 11 is 0. The molecular formula is C54H78N10O7. The molecule has 0 bridgehead atoms. The molecule has 71 heavy (non-hydrogen) atoms. The quantitative estimate of drug-likeness (QED) is 0.0873. The number of nitrogens with zero attached hydrogens (tertiary/aromatic N) is 2. The van der Waals surface area contributed by atoms with Crippen molar-refractivity contribution in [2.24, 2.45) is 10.8 Å². The number of benzene rings is 3. The van der Waals surface area contributed by atoms with Gasteiger partial charge >= 0.3 is 0 Å². The van der Waals surface area contributed by atoms with Gasteiger partial charge in [-0.3, -0.25) is 33.6 Å². The normalized spacial score (nSPS) is 20.7. The number of rotatable bonds is 19. The maximum absolute atomic E-state index is 14.5. The fraction of sp³-hybridized carbons (Fsp3) is 0.537. The van der Waals surface area contributed by atoms with Crippen molar-refractivity contribution >= 4 is 41.4 Å². The fourth-order valence-corrected chi connectivity index (χ4v) is 8.96. The first-order chi connectivity index (χ1) is 33.4. The Morgan fingerprint density at radius 3 is 1.39 bits per heavy atom. The van der Waals surface area contributed by atoms with Gasteiger partial charge in [-0.15, -0.1) is 0 Å². The summed E-state index contributed by atoms with van der Waals surface area (Å²) in [6.45, 7) is 19.3. The van der Waals surface area contributed by atoms with Gasteiger partial charge in [0, 0.05) is 54.9 Å². The molecule has 2 heterocycles. The molecule has 2 fully saturated rings. The van der Waals surface area contributed by atoms with Crippen LogP contribution >= 0.6 is 0 Å². The van der Waals surface area contributed by atoms with Crippen LogP contribution in [-0.2, 0) is 24.0 Å². The molecule has 0 spiro atoms. The number of hydrogen-bond acceptors (Lipinski definition) is 10. The minimum Gasteiger partial charge on any atom is -0.348 e. The molecule has 0 unspecified atom stereocenters. The van der Waals surface area contributed by atoms with Crippen molar-refractivity contribution in [2.45, 2.75) is 142 Å². The average Bonchev–Trinajstić information content (AvgIpc) is 3.96. The number of carbonyl (C=O) groups excluding carboxylic acids is 7. The number of likely N-dealkylation sites (N-methyl/N-ethyl adjacent to an activating group) is 2. The van der Waals surface area contributed by atoms with Crippen LogP contribution in [0.3, 0.4) is 0 Å². The predicted molar refractivity (Wildman–Crippen MR) is 275 cm³/mol. The molecule has 3 aromatic rings. The molecule has 2 aliphatic heterocycles. The summed E-state index contributed by atoms with van der Waals surface area (Å²) in [4.78, 5) is 100. The van der Waals surface area contributed by atoms with E-state index in [0.717, 1.165) is 11.1 Å². The summed E-state index contributed by atoms with van der Waals surface area (Å²) in [5.74, 6) is -2.54. The van der Waals surface area contributed by atoms with Gasteiger partial charge in [-0.25, -0.2) is 0 Å². The lowest BCUT2D eigenvalue weighted by Crippen LogP contribution is -2.59. The number of carbonyl (C=O) groups is 7. The van der Waals surface area contributed by atoms with Crippen molar-refractivity contribution in [3.63, 3.8) is 0 Å². The summed E-state index contributed by atoms with van der Waals surface area (Å²) in [6.07, 6.45) is 0.594. The lowest BCUT2D eigenvalue weighted by atomic mass is 9.85. The molecule has 3 aromatic carbocycles. The van der Waals surface area contributed by atoms with E-state index in [-0.39, 0.29) is 72.7 Å². The van der Waals surface area contributed by atoms with Gasteiger partial charge in [-0.05, 0) is 101 Å². The Labute approximate surface area is 420 Å². The van der Waals surface area contributed by atoms with E-state index in [9.17, 15) is 33.6 Å². The van der Waals surface area contributed by atoms with Crippen LogP contribution in [0.2, 0.25) is 0 Å². The van der Waals surface area contributed by atoms with Crippen LogP contribution in [0.25, 0.3) is 0 Å². The van der Waals surface area contributed by atoms with E-state index < -0.39 is 64.9 Å². The third kappa shape index (κ3) is 14.7. The minimum atomic E-state index is -0.972. The summed E-state index contributed by atoms with van der Waals surface area (Å²) in [5.41, 5.74) is 1.23. The molecule has 2 saturated heterocycles. The lowest BCUT2D eigenvalue weighted by molar-refractivity contribution is -0.144. The third-order valence-corrected chi connectivity index (χ3v) is 13.7. The van der Waals surface area contributed by atoms with E-state index in [4.69, 9.17) is 0 Å². The van der Waals surface area contributed by atoms with Gasteiger partial charge in [0.25, 0.3) is 11.8 Å². The standard InChI is InChI=1S/C54H78N10O7/c1-32(36-19-15-13-16-20-36)57-29-42-27-40(30-63(42)51(70)44(53(5,6)7)61-46(65)34(3)55-11)59-48(67)38-23-25-39(26-24-38)49(68)60-41-28-43(50(69)58-33(2)37-21-17-14-18-22-37)64(31-41)52(71)45(54(8,9)10)62-47(66)35(4)56-12/h13-26,32-35,40-45,55-57H,27-31H2,1-12H3,(H,58,69)(H,59,67)(H,60,68)(H,61,65)(H,62,66)/t32-,33-,34+,35+,40+,41+,42+,43+,44-,45-/m1/s1. The second-order valence-electron chi connectivity index (χ2n) is 21.4. The predicted octanol–water partition coefficient (Wildman–Crippen LogP) is 3.59. The maximum atomic E-state index is 14.5. The van der Waals surface area contributed by atoms with Crippen molar-refractivity contribution < 1.29 is 33.6 Å². The van der Waals surface area contributed by atoms with Gasteiger partial charge in [0.15, 0.2) is 0 Å². The fourth-order valence-electron chi connectivity index (χ4n) is 8.96. The van der Waals surface area contributed by atoms with E-state index >= 15 is 0 Å². The maximum Gasteiger partial charge on any atom is 0.251 e. The minimum absolute atomic E-state index is 0.00997. The summed E-state index contributed by atoms with van der Waals surface area (Å²) < 4.78 is 0. The zero-order valence-corrected chi connectivity index (χ0v) is 43.6. The van der Waals surface area contributed by atoms with E-state index in [1.54, 1.807) is 57.1 Å². The SMILES string of the molecule is CN[C@@H](C)C(=O)N[C@H](C(=O)N1C[C@@H](NC(=O)c2ccc(C(=O)N[C@H]3C[C@@H](C(=O)N[C@H](C)c4ccccc4)N(C(=O)[C@@H](NC(=O)[C@H](C)NC)C(C)(C)C)C3)cc2)C[C@H]1CN[C@H](C)c1ccccc1)C(C)(C)C. The number of likely N-dealkylation sites (tertiary alicyclic amines) is 2. The van der Waals surface area contributed by atoms with Crippen molar-refractivity contribution in [1.29, 1.82) is 0 Å². The van der Waals surface area contributed by atoms with Crippen LogP contribution in [0, 0.1) is 10.8 Å². The van der Waals surface area contributed by atoms with Gasteiger partial charge in [0.05, 0.1) is 18.1 Å². The topological polar surface area (TPSA) is 222 Å². The molecule has 7 amide bonds. The molecule has 17 nitrogen and oxygen atoms in total. The molecule has 386 valence electrons. The summed E-state index contributed by atoms with van der Waals surface area (Å²) in [6, 6.07) is 20.1. The summed E-state index contributed by atoms with van der Waals surface area (Å²) in [7, 11) is 3.34. The first kappa shape index (κ1) is 55.8. The van der Waals surface area contributed by atoms with E-state index in [0.29, 0.717) is 18.5 Å². The Hall–Kier alpha value is -6.17. The average molecular weight is 979 g/mol. The van der Waals surface area contributed by atoms with Gasteiger partial charge in [-0.1, -0.05) is 102 Å². The second kappa shape index (κ2) is 24.3. The van der Waals surface area contributed by atoms with Crippen LogP contribution in [0.5, 0.6) is 0 Å². The van der Waals surface area contributed by atoms with Crippen LogP contribution in [-0.4, -0.2) is 133 Å². The van der Waals surface area contributed by atoms with Crippen LogP contribution in [0.15, 0.2) is 84.9 Å². The van der Waals surface area contributed by atoms with Gasteiger partial charge < -0.3 is 52.3 Å². The first-order valence-electron chi connectivity index (χ1n) is 24.8. The monoisotopic (exact) mass is 979 g/mol. The highest BCUT2D eigenvalue weighted by Gasteiger charge is 2.46. The van der Waals surface area contributed by atoms with Crippen molar-refractivity contribution in [2.75, 3.05) is 33.7 Å². The Balaban J connectivity index is 1.30. The third-order valence-electron chi connectivity index (χ3n) is 13.7. The van der Waals surface area contributed by atoms with Crippen LogP contribution in [0.4, 0.5) is 0 Å². The first-order valence-corrected chi connectivity index (χ1v) is 24.8. The molecule has 10 atom stereocenters. The Kier molecular flexibility index (Phi) is 19.1. The largest absolute Gasteiger partial charge is 0.348 e. The molecule has 0 radical (unpaired) electrons. The van der Waals surface area contributed by atoms with Crippen molar-refractivity contribution in [3.8, 4) is 0 Å². The molecule has 17 heteroatoms. The van der Waals surface area contributed by atoms with E-state index in [2.05, 4.69) is 49.5 Å². The van der Waals surface area contributed by atoms with E-state index in [1.807, 2.05) is 109 Å². The highest BCUT2D eigenvalue weighted by Crippen LogP contribution is 2.29. The molecule has 0 aliphatic carbocycles. The van der Waals surface area contributed by atoms with E-state index in [1.165, 1.54) is 4.90 Å². The molecule has 8 N–H and O–H groups in total. The number of nitrogens with one attached hydrogen (secondary N) is 8. The molecular weight excluding hydrogens is 901 g/mol. The van der Waals surface area contributed by atoms with Crippen LogP contribution < -0.4 is 42.5 Å². The Morgan fingerprint density at radius 1 is 0.549 bits per heavy atom. The second-order valence-corrected chi connectivity index (χ2v) is 21.4. The molecule has 5 rings (SSSR count). The Bertz CT molecular complexity index is 2320. The molecule has 0 aromatic heterocycles. The van der Waals surface area contributed by atoms with Crippen molar-refractivity contribution in [3.05, 3.63) is 107 Å². The highest BCUT2D eigenvalue weighted by molar-refractivity contribution is 5.99. The molecule has 2 aliphatic rings. The molecule has 0 saturated carbocycles. The number of amides is 7. The zero-order chi connectivity index (χ0) is 52.4. The number of hydrogen-bond donors (Lipinski definition) is 8. The highest BCUT2D eigenvalue weighted by atomic mass is 16.2. The lowest BCUT2D eigenvalue weighted by Gasteiger charge is -2.36. The van der Waals surface area contributed by atoms with Crippen molar-refractivity contribution in [1.82, 2.24) is 52.3 Å². The Morgan fingerprint density at radius 2 is 0.958 bits per heavy atom.